The third-order valence-electron chi connectivity index (χ3n) is 4.10. The average Bonchev–Trinajstić information content (AvgIpc) is 2.89. The Labute approximate surface area is 157 Å². The zero-order chi connectivity index (χ0) is 19.7. The SMILES string of the molecule is C/C(=N/NC(=O)Cc1nc2sc(C)c(C)c2c(=O)[nH]1)c1ccc(F)c(F)c1. The molecular weight excluding hydrogens is 374 g/mol. The number of nitrogens with zero attached hydrogens (tertiary/aromatic N) is 2. The average molecular weight is 390 g/mol. The summed E-state index contributed by atoms with van der Waals surface area (Å²) in [5.74, 6) is -2.22. The molecule has 0 aliphatic rings. The van der Waals surface area contributed by atoms with Gasteiger partial charge in [0.1, 0.15) is 10.7 Å². The summed E-state index contributed by atoms with van der Waals surface area (Å²) in [5.41, 5.74) is 3.57. The van der Waals surface area contributed by atoms with Crippen molar-refractivity contribution < 1.29 is 13.6 Å². The minimum atomic E-state index is -0.995. The van der Waals surface area contributed by atoms with E-state index in [1.54, 1.807) is 6.92 Å². The molecular formula is C18H16F2N4O2S. The Morgan fingerprint density at radius 2 is 2.04 bits per heavy atom. The van der Waals surface area contributed by atoms with Crippen LogP contribution in [0, 0.1) is 25.5 Å². The Morgan fingerprint density at radius 3 is 2.74 bits per heavy atom. The predicted octanol–water partition coefficient (Wildman–Crippen LogP) is 2.96. The molecule has 27 heavy (non-hydrogen) atoms. The van der Waals surface area contributed by atoms with E-state index in [9.17, 15) is 18.4 Å². The molecule has 0 aliphatic heterocycles. The molecule has 0 radical (unpaired) electrons. The Balaban J connectivity index is 1.74. The largest absolute Gasteiger partial charge is 0.309 e. The number of carbonyl (C=O) groups excluding carboxylic acids is 1. The summed E-state index contributed by atoms with van der Waals surface area (Å²) in [6.07, 6.45) is -0.171. The Bertz CT molecular complexity index is 1130. The maximum atomic E-state index is 13.3. The summed E-state index contributed by atoms with van der Waals surface area (Å²) in [5, 5.41) is 4.41. The summed E-state index contributed by atoms with van der Waals surface area (Å²) in [6.45, 7) is 5.31. The first kappa shape index (κ1) is 18.8. The fourth-order valence-corrected chi connectivity index (χ4v) is 3.56. The molecule has 2 heterocycles. The van der Waals surface area contributed by atoms with E-state index in [0.717, 1.165) is 22.6 Å². The lowest BCUT2D eigenvalue weighted by Crippen LogP contribution is -2.24. The van der Waals surface area contributed by atoms with Gasteiger partial charge in [0.15, 0.2) is 11.6 Å². The van der Waals surface area contributed by atoms with Gasteiger partial charge in [-0.15, -0.1) is 11.3 Å². The number of hydrogen-bond acceptors (Lipinski definition) is 5. The highest BCUT2D eigenvalue weighted by atomic mass is 32.1. The number of hydrogen-bond donors (Lipinski definition) is 2. The maximum Gasteiger partial charge on any atom is 0.259 e. The predicted molar refractivity (Wildman–Crippen MR) is 100 cm³/mol. The van der Waals surface area contributed by atoms with Crippen LogP contribution in [0.3, 0.4) is 0 Å². The first-order valence-electron chi connectivity index (χ1n) is 8.03. The van der Waals surface area contributed by atoms with Gasteiger partial charge in [0, 0.05) is 10.4 Å². The maximum absolute atomic E-state index is 13.3. The van der Waals surface area contributed by atoms with Gasteiger partial charge in [-0.05, 0) is 44.5 Å². The second kappa shape index (κ2) is 7.36. The second-order valence-corrected chi connectivity index (χ2v) is 7.22. The Hall–Kier alpha value is -2.94. The minimum Gasteiger partial charge on any atom is -0.309 e. The summed E-state index contributed by atoms with van der Waals surface area (Å²) in [7, 11) is 0. The number of rotatable bonds is 4. The van der Waals surface area contributed by atoms with Gasteiger partial charge in [0.05, 0.1) is 17.5 Å². The van der Waals surface area contributed by atoms with Gasteiger partial charge in [-0.3, -0.25) is 9.59 Å². The summed E-state index contributed by atoms with van der Waals surface area (Å²) in [4.78, 5) is 32.8. The lowest BCUT2D eigenvalue weighted by molar-refractivity contribution is -0.120. The van der Waals surface area contributed by atoms with Crippen LogP contribution in [0.2, 0.25) is 0 Å². The number of aryl methyl sites for hydroxylation is 2. The first-order valence-corrected chi connectivity index (χ1v) is 8.85. The highest BCUT2D eigenvalue weighted by Gasteiger charge is 2.13. The van der Waals surface area contributed by atoms with Gasteiger partial charge in [-0.25, -0.2) is 19.2 Å². The van der Waals surface area contributed by atoms with E-state index in [-0.39, 0.29) is 17.8 Å². The molecule has 1 amide bonds. The topological polar surface area (TPSA) is 87.2 Å². The molecule has 2 N–H and O–H groups in total. The van der Waals surface area contributed by atoms with Crippen molar-refractivity contribution in [2.45, 2.75) is 27.2 Å². The normalized spacial score (nSPS) is 11.8. The molecule has 0 aliphatic carbocycles. The number of fused-ring (bicyclic) bond motifs is 1. The van der Waals surface area contributed by atoms with Gasteiger partial charge in [-0.1, -0.05) is 0 Å². The fraction of sp³-hybridized carbons (Fsp3) is 0.222. The summed E-state index contributed by atoms with van der Waals surface area (Å²) in [6, 6.07) is 3.34. The minimum absolute atomic E-state index is 0.171. The number of hydrazone groups is 1. The van der Waals surface area contributed by atoms with Crippen molar-refractivity contribution >= 4 is 33.2 Å². The molecule has 3 rings (SSSR count). The molecule has 0 bridgehead atoms. The molecule has 0 spiro atoms. The molecule has 140 valence electrons. The molecule has 0 atom stereocenters. The highest BCUT2D eigenvalue weighted by Crippen LogP contribution is 2.25. The van der Waals surface area contributed by atoms with Crippen LogP contribution in [0.25, 0.3) is 10.2 Å². The van der Waals surface area contributed by atoms with Gasteiger partial charge in [-0.2, -0.15) is 5.10 Å². The molecule has 0 unspecified atom stereocenters. The van der Waals surface area contributed by atoms with Crippen LogP contribution in [-0.4, -0.2) is 21.6 Å². The van der Waals surface area contributed by atoms with Crippen molar-refractivity contribution in [1.29, 1.82) is 0 Å². The van der Waals surface area contributed by atoms with Crippen molar-refractivity contribution in [2.75, 3.05) is 0 Å². The van der Waals surface area contributed by atoms with Crippen LogP contribution in [0.1, 0.15) is 28.8 Å². The molecule has 9 heteroatoms. The molecule has 0 fully saturated rings. The number of thiophene rings is 1. The van der Waals surface area contributed by atoms with Gasteiger partial charge < -0.3 is 4.98 Å². The van der Waals surface area contributed by atoms with Crippen molar-refractivity contribution in [3.8, 4) is 0 Å². The molecule has 0 saturated carbocycles. The van der Waals surface area contributed by atoms with Crippen LogP contribution in [0.4, 0.5) is 8.78 Å². The van der Waals surface area contributed by atoms with Crippen molar-refractivity contribution in [2.24, 2.45) is 5.10 Å². The Kier molecular flexibility index (Phi) is 5.13. The summed E-state index contributed by atoms with van der Waals surface area (Å²) >= 11 is 1.40. The standard InChI is InChI=1S/C18H16F2N4O2S/c1-8-10(3)27-18-16(8)17(26)21-14(22-18)7-15(25)24-23-9(2)11-4-5-12(19)13(20)6-11/h4-6H,7H2,1-3H3,(H,24,25)(H,21,22,26)/b23-9-. The molecule has 3 aromatic rings. The van der Waals surface area contributed by atoms with E-state index in [0.29, 0.717) is 21.5 Å². The lowest BCUT2D eigenvalue weighted by Gasteiger charge is -2.04. The number of benzene rings is 1. The number of aromatic nitrogens is 2. The van der Waals surface area contributed by atoms with Crippen LogP contribution in [0.5, 0.6) is 0 Å². The fourth-order valence-electron chi connectivity index (χ4n) is 2.51. The zero-order valence-corrected chi connectivity index (χ0v) is 15.6. The molecule has 1 aromatic carbocycles. The van der Waals surface area contributed by atoms with Crippen LogP contribution < -0.4 is 11.0 Å². The van der Waals surface area contributed by atoms with Crippen molar-refractivity contribution in [3.05, 3.63) is 62.0 Å². The van der Waals surface area contributed by atoms with E-state index in [1.807, 2.05) is 13.8 Å². The van der Waals surface area contributed by atoms with E-state index in [4.69, 9.17) is 0 Å². The van der Waals surface area contributed by atoms with E-state index >= 15 is 0 Å². The zero-order valence-electron chi connectivity index (χ0n) is 14.8. The molecule has 6 nitrogen and oxygen atoms in total. The van der Waals surface area contributed by atoms with Gasteiger partial charge in [0.2, 0.25) is 5.91 Å². The Morgan fingerprint density at radius 1 is 1.30 bits per heavy atom. The monoisotopic (exact) mass is 390 g/mol. The van der Waals surface area contributed by atoms with E-state index in [2.05, 4.69) is 20.5 Å². The first-order chi connectivity index (χ1) is 12.8. The third kappa shape index (κ3) is 3.92. The van der Waals surface area contributed by atoms with Crippen LogP contribution in [-0.2, 0) is 11.2 Å². The van der Waals surface area contributed by atoms with E-state index < -0.39 is 17.5 Å². The third-order valence-corrected chi connectivity index (χ3v) is 5.20. The smallest absolute Gasteiger partial charge is 0.259 e. The lowest BCUT2D eigenvalue weighted by atomic mass is 10.1. The highest BCUT2D eigenvalue weighted by molar-refractivity contribution is 7.18. The number of nitrogens with one attached hydrogen (secondary N) is 2. The molecule has 0 saturated heterocycles. The van der Waals surface area contributed by atoms with Gasteiger partial charge >= 0.3 is 0 Å². The summed E-state index contributed by atoms with van der Waals surface area (Å²) < 4.78 is 26.2. The van der Waals surface area contributed by atoms with Crippen LogP contribution in [0.15, 0.2) is 28.1 Å². The second-order valence-electron chi connectivity index (χ2n) is 6.01. The quantitative estimate of drug-likeness (QED) is 0.530. The molecule has 2 aromatic heterocycles. The van der Waals surface area contributed by atoms with Crippen molar-refractivity contribution in [1.82, 2.24) is 15.4 Å². The number of H-pyrrole nitrogens is 1. The van der Waals surface area contributed by atoms with Crippen molar-refractivity contribution in [3.63, 3.8) is 0 Å². The number of halogens is 2. The number of amides is 1. The van der Waals surface area contributed by atoms with Gasteiger partial charge in [0.25, 0.3) is 5.56 Å². The van der Waals surface area contributed by atoms with E-state index in [1.165, 1.54) is 17.4 Å². The number of aromatic amines is 1. The number of carbonyl (C=O) groups is 1. The van der Waals surface area contributed by atoms with Crippen LogP contribution >= 0.6 is 11.3 Å².